The molecular weight excluding hydrogens is 251 g/mol. The second-order valence-electron chi connectivity index (χ2n) is 3.48. The van der Waals surface area contributed by atoms with Crippen LogP contribution in [0.3, 0.4) is 0 Å². The third-order valence-electron chi connectivity index (χ3n) is 2.24. The van der Waals surface area contributed by atoms with Crippen molar-refractivity contribution in [2.24, 2.45) is 0 Å². The zero-order valence-corrected chi connectivity index (χ0v) is 9.19. The molecule has 1 aromatic heterocycles. The Labute approximate surface area is 99.1 Å². The molecule has 0 amide bonds. The van der Waals surface area contributed by atoms with Crippen molar-refractivity contribution in [1.82, 2.24) is 9.55 Å². The Bertz CT molecular complexity index is 660. The van der Waals surface area contributed by atoms with E-state index < -0.39 is 12.7 Å². The first-order valence-electron chi connectivity index (χ1n) is 4.60. The van der Waals surface area contributed by atoms with Crippen molar-refractivity contribution in [3.05, 3.63) is 28.5 Å². The normalized spacial score (nSPS) is 11.6. The van der Waals surface area contributed by atoms with E-state index in [1.165, 1.54) is 18.2 Å². The Balaban J connectivity index is 2.65. The van der Waals surface area contributed by atoms with Crippen LogP contribution in [0.25, 0.3) is 11.0 Å². The maximum absolute atomic E-state index is 12.4. The first-order valence-corrected chi connectivity index (χ1v) is 5.01. The fourth-order valence-corrected chi connectivity index (χ4v) is 1.83. The number of aromatic amines is 1. The lowest BCUT2D eigenvalue weighted by Crippen LogP contribution is -2.17. The van der Waals surface area contributed by atoms with Gasteiger partial charge in [-0.25, -0.2) is 0 Å². The Hall–Kier alpha value is -1.81. The van der Waals surface area contributed by atoms with E-state index in [0.29, 0.717) is 11.1 Å². The van der Waals surface area contributed by atoms with E-state index in [2.05, 4.69) is 4.98 Å². The predicted octanol–water partition coefficient (Wildman–Crippen LogP) is 3.13. The monoisotopic (exact) mass is 257 g/mol. The van der Waals surface area contributed by atoms with Crippen LogP contribution in [0.5, 0.6) is 0 Å². The molecule has 3 nitrogen and oxygen atoms in total. The summed E-state index contributed by atoms with van der Waals surface area (Å²) in [5, 5.41) is 8.71. The standard InChI is InChI=1S/C10H6F3N3S/c11-10(12,13)5-16-8-3-6(4-14)1-2-7(8)15-9(16)17/h1-3H,5H2,(H,15,17). The first-order chi connectivity index (χ1) is 7.90. The number of rotatable bonds is 1. The number of aromatic nitrogens is 2. The number of fused-ring (bicyclic) bond motifs is 1. The maximum atomic E-state index is 12.4. The summed E-state index contributed by atoms with van der Waals surface area (Å²) < 4.78 is 38.0. The van der Waals surface area contributed by atoms with E-state index in [1.54, 1.807) is 0 Å². The number of nitriles is 1. The van der Waals surface area contributed by atoms with Gasteiger partial charge in [-0.05, 0) is 30.4 Å². The molecule has 0 aliphatic rings. The molecule has 2 aromatic rings. The van der Waals surface area contributed by atoms with Gasteiger partial charge in [0.1, 0.15) is 6.54 Å². The van der Waals surface area contributed by atoms with Gasteiger partial charge in [-0.15, -0.1) is 0 Å². The molecule has 88 valence electrons. The van der Waals surface area contributed by atoms with Crippen LogP contribution in [0.15, 0.2) is 18.2 Å². The minimum atomic E-state index is -4.35. The average molecular weight is 257 g/mol. The molecule has 1 N–H and O–H groups in total. The Kier molecular flexibility index (Phi) is 2.67. The topological polar surface area (TPSA) is 44.5 Å². The van der Waals surface area contributed by atoms with Crippen LogP contribution in [0.4, 0.5) is 13.2 Å². The van der Waals surface area contributed by atoms with Crippen LogP contribution in [0, 0.1) is 16.1 Å². The van der Waals surface area contributed by atoms with Crippen molar-refractivity contribution >= 4 is 23.3 Å². The van der Waals surface area contributed by atoms with Gasteiger partial charge in [0.25, 0.3) is 0 Å². The van der Waals surface area contributed by atoms with Crippen LogP contribution in [-0.4, -0.2) is 15.7 Å². The zero-order chi connectivity index (χ0) is 12.6. The highest BCUT2D eigenvalue weighted by Crippen LogP contribution is 2.22. The highest BCUT2D eigenvalue weighted by atomic mass is 32.1. The number of alkyl halides is 3. The first kappa shape index (κ1) is 11.7. The fourth-order valence-electron chi connectivity index (χ4n) is 1.56. The number of nitrogens with zero attached hydrogens (tertiary/aromatic N) is 2. The molecular formula is C10H6F3N3S. The summed E-state index contributed by atoms with van der Waals surface area (Å²) in [6.07, 6.45) is -4.35. The summed E-state index contributed by atoms with van der Waals surface area (Å²) in [5.41, 5.74) is 1.06. The molecule has 7 heteroatoms. The number of halogens is 3. The second-order valence-corrected chi connectivity index (χ2v) is 3.86. The highest BCUT2D eigenvalue weighted by Gasteiger charge is 2.29. The molecule has 0 aliphatic carbocycles. The summed E-state index contributed by atoms with van der Waals surface area (Å²) >= 11 is 4.82. The molecule has 0 saturated carbocycles. The number of benzene rings is 1. The van der Waals surface area contributed by atoms with Crippen LogP contribution >= 0.6 is 12.2 Å². The van der Waals surface area contributed by atoms with Gasteiger partial charge >= 0.3 is 6.18 Å². The minimum Gasteiger partial charge on any atom is -0.331 e. The van der Waals surface area contributed by atoms with Gasteiger partial charge in [-0.1, -0.05) is 0 Å². The molecule has 2 rings (SSSR count). The predicted molar refractivity (Wildman–Crippen MR) is 57.9 cm³/mol. The van der Waals surface area contributed by atoms with E-state index in [1.807, 2.05) is 6.07 Å². The fraction of sp³-hybridized carbons (Fsp3) is 0.200. The lowest BCUT2D eigenvalue weighted by Gasteiger charge is -2.08. The number of hydrogen-bond donors (Lipinski definition) is 1. The summed E-state index contributed by atoms with van der Waals surface area (Å²) in [4.78, 5) is 2.67. The zero-order valence-electron chi connectivity index (χ0n) is 8.38. The van der Waals surface area contributed by atoms with Gasteiger partial charge in [-0.2, -0.15) is 18.4 Å². The molecule has 0 radical (unpaired) electrons. The quantitative estimate of drug-likeness (QED) is 0.798. The molecule has 0 fully saturated rings. The van der Waals surface area contributed by atoms with Crippen molar-refractivity contribution in [1.29, 1.82) is 5.26 Å². The Morgan fingerprint density at radius 1 is 1.41 bits per heavy atom. The molecule has 0 spiro atoms. The third kappa shape index (κ3) is 2.31. The van der Waals surface area contributed by atoms with Gasteiger partial charge < -0.3 is 9.55 Å². The second kappa shape index (κ2) is 3.89. The van der Waals surface area contributed by atoms with Crippen LogP contribution in [0.1, 0.15) is 5.56 Å². The van der Waals surface area contributed by atoms with Gasteiger partial charge in [-0.3, -0.25) is 0 Å². The smallest absolute Gasteiger partial charge is 0.331 e. The summed E-state index contributed by atoms with van der Waals surface area (Å²) in [6, 6.07) is 6.32. The van der Waals surface area contributed by atoms with Crippen LogP contribution < -0.4 is 0 Å². The minimum absolute atomic E-state index is 0.00702. The molecule has 0 unspecified atom stereocenters. The average Bonchev–Trinajstić information content (AvgIpc) is 2.53. The lowest BCUT2D eigenvalue weighted by molar-refractivity contribution is -0.140. The van der Waals surface area contributed by atoms with Crippen molar-refractivity contribution in [3.8, 4) is 6.07 Å². The molecule has 0 saturated heterocycles. The van der Waals surface area contributed by atoms with Gasteiger partial charge in [0, 0.05) is 0 Å². The van der Waals surface area contributed by atoms with E-state index in [-0.39, 0.29) is 10.3 Å². The van der Waals surface area contributed by atoms with Crippen LogP contribution in [0.2, 0.25) is 0 Å². The number of H-pyrrole nitrogens is 1. The SMILES string of the molecule is N#Cc1ccc2[nH]c(=S)n(CC(F)(F)F)c2c1. The number of nitrogens with one attached hydrogen (secondary N) is 1. The van der Waals surface area contributed by atoms with Crippen molar-refractivity contribution < 1.29 is 13.2 Å². The van der Waals surface area contributed by atoms with E-state index in [4.69, 9.17) is 17.5 Å². The van der Waals surface area contributed by atoms with Crippen molar-refractivity contribution in [3.63, 3.8) is 0 Å². The summed E-state index contributed by atoms with van der Waals surface area (Å²) in [7, 11) is 0. The molecule has 0 aliphatic heterocycles. The van der Waals surface area contributed by atoms with E-state index >= 15 is 0 Å². The van der Waals surface area contributed by atoms with E-state index in [9.17, 15) is 13.2 Å². The van der Waals surface area contributed by atoms with Gasteiger partial charge in [0.15, 0.2) is 4.77 Å². The van der Waals surface area contributed by atoms with Crippen LogP contribution in [-0.2, 0) is 6.54 Å². The van der Waals surface area contributed by atoms with Crippen molar-refractivity contribution in [2.75, 3.05) is 0 Å². The third-order valence-corrected chi connectivity index (χ3v) is 2.56. The molecule has 0 atom stereocenters. The highest BCUT2D eigenvalue weighted by molar-refractivity contribution is 7.71. The lowest BCUT2D eigenvalue weighted by atomic mass is 10.2. The maximum Gasteiger partial charge on any atom is 0.406 e. The molecule has 0 bridgehead atoms. The van der Waals surface area contributed by atoms with Gasteiger partial charge in [0.2, 0.25) is 0 Å². The molecule has 1 heterocycles. The number of imidazole rings is 1. The molecule has 17 heavy (non-hydrogen) atoms. The Morgan fingerprint density at radius 3 is 2.71 bits per heavy atom. The summed E-state index contributed by atoms with van der Waals surface area (Å²) in [5.74, 6) is 0. The summed E-state index contributed by atoms with van der Waals surface area (Å²) in [6.45, 7) is -1.17. The van der Waals surface area contributed by atoms with Gasteiger partial charge in [0.05, 0.1) is 22.7 Å². The van der Waals surface area contributed by atoms with Crippen molar-refractivity contribution in [2.45, 2.75) is 12.7 Å². The largest absolute Gasteiger partial charge is 0.406 e. The Morgan fingerprint density at radius 2 is 2.12 bits per heavy atom. The molecule has 1 aromatic carbocycles. The number of hydrogen-bond acceptors (Lipinski definition) is 2. The van der Waals surface area contributed by atoms with E-state index in [0.717, 1.165) is 4.57 Å².